The van der Waals surface area contributed by atoms with Crippen molar-refractivity contribution >= 4 is 5.71 Å². The van der Waals surface area contributed by atoms with Gasteiger partial charge in [0.05, 0.1) is 6.08 Å². The second kappa shape index (κ2) is 4.04. The predicted molar refractivity (Wildman–Crippen MR) is 57.9 cm³/mol. The van der Waals surface area contributed by atoms with Crippen LogP contribution in [0.5, 0.6) is 0 Å². The maximum atomic E-state index is 9.76. The number of aliphatic hydroxyl groups is 2. The lowest BCUT2D eigenvalue weighted by molar-refractivity contribution is -0.00911. The topological polar surface area (TPSA) is 76.9 Å². The molecule has 16 heavy (non-hydrogen) atoms. The van der Waals surface area contributed by atoms with E-state index in [0.29, 0.717) is 0 Å². The Hall–Kier alpha value is -2.32. The van der Waals surface area contributed by atoms with Crippen molar-refractivity contribution in [2.45, 2.75) is 5.92 Å². The van der Waals surface area contributed by atoms with E-state index >= 15 is 0 Å². The van der Waals surface area contributed by atoms with Crippen molar-refractivity contribution in [1.82, 2.24) is 0 Å². The Balaban J connectivity index is 2.54. The monoisotopic (exact) mass is 213 g/mol. The smallest absolute Gasteiger partial charge is 0.315 e. The van der Waals surface area contributed by atoms with Gasteiger partial charge in [-0.2, -0.15) is 4.79 Å². The highest BCUT2D eigenvalue weighted by atomic mass is 16.3. The summed E-state index contributed by atoms with van der Waals surface area (Å²) in [6.45, 7) is 0. The van der Waals surface area contributed by atoms with Gasteiger partial charge in [0.1, 0.15) is 5.92 Å². The van der Waals surface area contributed by atoms with Crippen molar-refractivity contribution in [3.05, 3.63) is 65.1 Å². The second-order valence-corrected chi connectivity index (χ2v) is 3.39. The average Bonchev–Trinajstić information content (AvgIpc) is 2.33. The van der Waals surface area contributed by atoms with Crippen LogP contribution in [0.1, 0.15) is 11.5 Å². The first-order chi connectivity index (χ1) is 7.74. The van der Waals surface area contributed by atoms with Gasteiger partial charge in [0.2, 0.25) is 0 Å². The van der Waals surface area contributed by atoms with Crippen LogP contribution < -0.4 is 0 Å². The van der Waals surface area contributed by atoms with Crippen molar-refractivity contribution in [3.63, 3.8) is 0 Å². The fourth-order valence-electron chi connectivity index (χ4n) is 1.62. The molecular formula is C12H9N2O2. The highest BCUT2D eigenvalue weighted by molar-refractivity contribution is 5.96. The molecule has 0 fully saturated rings. The zero-order valence-electron chi connectivity index (χ0n) is 8.33. The van der Waals surface area contributed by atoms with Gasteiger partial charge in [-0.15, -0.1) is 0 Å². The Morgan fingerprint density at radius 1 is 1.19 bits per heavy atom. The zero-order chi connectivity index (χ0) is 11.5. The Bertz CT molecular complexity index is 511. The minimum atomic E-state index is -0.670. The number of benzene rings is 1. The van der Waals surface area contributed by atoms with Crippen LogP contribution in [0, 0.1) is 6.08 Å². The van der Waals surface area contributed by atoms with Crippen LogP contribution in [0.25, 0.3) is 5.53 Å². The molecule has 2 N–H and O–H groups in total. The number of nitrogens with zero attached hydrogens (tertiary/aromatic N) is 2. The Morgan fingerprint density at radius 2 is 1.88 bits per heavy atom. The Kier molecular flexibility index (Phi) is 2.58. The molecule has 0 spiro atoms. The molecule has 4 heteroatoms. The maximum Gasteiger partial charge on any atom is 0.315 e. The molecule has 0 amide bonds. The second-order valence-electron chi connectivity index (χ2n) is 3.39. The third-order valence-corrected chi connectivity index (χ3v) is 2.41. The number of allylic oxidation sites excluding steroid dienone is 3. The first-order valence-electron chi connectivity index (χ1n) is 4.72. The van der Waals surface area contributed by atoms with Crippen LogP contribution in [-0.4, -0.2) is 20.7 Å². The molecule has 1 radical (unpaired) electrons. The van der Waals surface area contributed by atoms with Gasteiger partial charge in [-0.1, -0.05) is 30.3 Å². The van der Waals surface area contributed by atoms with Gasteiger partial charge in [0.25, 0.3) is 0 Å². The molecule has 1 aliphatic carbocycles. The van der Waals surface area contributed by atoms with E-state index in [2.05, 4.69) is 10.9 Å². The van der Waals surface area contributed by atoms with Crippen LogP contribution in [0.15, 0.2) is 47.9 Å². The van der Waals surface area contributed by atoms with Gasteiger partial charge in [0.15, 0.2) is 11.5 Å². The van der Waals surface area contributed by atoms with Gasteiger partial charge < -0.3 is 15.7 Å². The standard InChI is InChI=1S/C12H9N2O2/c13-14-9-6-7-10(15)12(16)11(9)8-4-2-1-3-5-8/h1-5,7,11,15-16H. The molecule has 1 aromatic rings. The summed E-state index contributed by atoms with van der Waals surface area (Å²) in [5, 5.41) is 19.2. The van der Waals surface area contributed by atoms with E-state index in [9.17, 15) is 10.2 Å². The van der Waals surface area contributed by atoms with Crippen LogP contribution in [0.2, 0.25) is 0 Å². The van der Waals surface area contributed by atoms with E-state index < -0.39 is 5.92 Å². The molecule has 2 rings (SSSR count). The van der Waals surface area contributed by atoms with Gasteiger partial charge in [-0.3, -0.25) is 0 Å². The quantitative estimate of drug-likeness (QED) is 0.553. The van der Waals surface area contributed by atoms with E-state index in [0.717, 1.165) is 5.56 Å². The van der Waals surface area contributed by atoms with Crippen LogP contribution in [0.3, 0.4) is 0 Å². The first kappa shape index (κ1) is 10.2. The van der Waals surface area contributed by atoms with Gasteiger partial charge in [-0.25, -0.2) is 0 Å². The molecule has 0 aromatic heterocycles. The van der Waals surface area contributed by atoms with Crippen molar-refractivity contribution < 1.29 is 15.0 Å². The van der Waals surface area contributed by atoms with Crippen molar-refractivity contribution in [2.75, 3.05) is 0 Å². The number of hydrogen-bond donors (Lipinski definition) is 2. The minimum Gasteiger partial charge on any atom is -0.507 e. The van der Waals surface area contributed by atoms with E-state index in [-0.39, 0.29) is 17.2 Å². The van der Waals surface area contributed by atoms with Crippen LogP contribution in [0.4, 0.5) is 0 Å². The summed E-state index contributed by atoms with van der Waals surface area (Å²) in [5.41, 5.74) is 9.71. The molecule has 1 atom stereocenters. The zero-order valence-corrected chi connectivity index (χ0v) is 8.33. The third-order valence-electron chi connectivity index (χ3n) is 2.41. The molecule has 1 aromatic carbocycles. The summed E-state index contributed by atoms with van der Waals surface area (Å²) in [5.74, 6) is -1.17. The van der Waals surface area contributed by atoms with E-state index in [1.807, 2.05) is 6.07 Å². The highest BCUT2D eigenvalue weighted by Gasteiger charge is 2.32. The van der Waals surface area contributed by atoms with Gasteiger partial charge in [0, 0.05) is 0 Å². The van der Waals surface area contributed by atoms with E-state index in [1.54, 1.807) is 24.3 Å². The van der Waals surface area contributed by atoms with Crippen LogP contribution in [-0.2, 0) is 0 Å². The number of aliphatic hydroxyl groups excluding tert-OH is 2. The molecule has 0 saturated heterocycles. The summed E-state index contributed by atoms with van der Waals surface area (Å²) in [7, 11) is 0. The summed E-state index contributed by atoms with van der Waals surface area (Å²) in [6.07, 6.45) is 3.78. The third kappa shape index (κ3) is 1.62. The normalized spacial score (nSPS) is 19.8. The lowest BCUT2D eigenvalue weighted by atomic mass is 9.88. The molecule has 0 aliphatic heterocycles. The largest absolute Gasteiger partial charge is 0.507 e. The SMILES string of the molecule is [N-]=[N+]=C1[C]=CC(O)=C(O)C1c1ccccc1. The van der Waals surface area contributed by atoms with Crippen molar-refractivity contribution in [2.24, 2.45) is 0 Å². The number of hydrogen-bond acceptors (Lipinski definition) is 2. The maximum absolute atomic E-state index is 9.76. The lowest BCUT2D eigenvalue weighted by Crippen LogP contribution is -2.19. The first-order valence-corrected chi connectivity index (χ1v) is 4.72. The highest BCUT2D eigenvalue weighted by Crippen LogP contribution is 2.28. The van der Waals surface area contributed by atoms with Gasteiger partial charge in [-0.05, 0) is 11.6 Å². The molecule has 79 valence electrons. The summed E-state index contributed by atoms with van der Waals surface area (Å²) < 4.78 is 0. The van der Waals surface area contributed by atoms with Gasteiger partial charge >= 0.3 is 5.71 Å². The summed E-state index contributed by atoms with van der Waals surface area (Å²) in [4.78, 5) is 3.06. The van der Waals surface area contributed by atoms with E-state index in [4.69, 9.17) is 5.53 Å². The predicted octanol–water partition coefficient (Wildman–Crippen LogP) is 2.14. The summed E-state index contributed by atoms with van der Waals surface area (Å²) >= 11 is 0. The summed E-state index contributed by atoms with van der Waals surface area (Å²) in [6, 6.07) is 8.97. The van der Waals surface area contributed by atoms with E-state index in [1.165, 1.54) is 6.08 Å². The fourth-order valence-corrected chi connectivity index (χ4v) is 1.62. The molecule has 0 heterocycles. The van der Waals surface area contributed by atoms with Crippen LogP contribution >= 0.6 is 0 Å². The van der Waals surface area contributed by atoms with Crippen molar-refractivity contribution in [1.29, 1.82) is 0 Å². The lowest BCUT2D eigenvalue weighted by Gasteiger charge is -2.14. The molecule has 1 aliphatic rings. The Labute approximate surface area is 92.4 Å². The average molecular weight is 213 g/mol. The number of rotatable bonds is 1. The molecule has 4 nitrogen and oxygen atoms in total. The fraction of sp³-hybridized carbons (Fsp3) is 0.0833. The molecule has 0 saturated carbocycles. The molecular weight excluding hydrogens is 204 g/mol. The Morgan fingerprint density at radius 3 is 2.50 bits per heavy atom. The minimum absolute atomic E-state index is 0.168. The van der Waals surface area contributed by atoms with Crippen molar-refractivity contribution in [3.8, 4) is 0 Å². The molecule has 1 unspecified atom stereocenters. The molecule has 0 bridgehead atoms.